The van der Waals surface area contributed by atoms with E-state index >= 15 is 0 Å². The lowest BCUT2D eigenvalue weighted by Crippen LogP contribution is -2.41. The van der Waals surface area contributed by atoms with Crippen LogP contribution in [0.5, 0.6) is 0 Å². The molecule has 0 heterocycles. The SMILES string of the molecule is C=CCOC(=O)N(OC)[C@H](/C=C/C(=O)OCC)COC. The lowest BCUT2D eigenvalue weighted by Gasteiger charge is -2.25. The van der Waals surface area contributed by atoms with E-state index in [1.165, 1.54) is 32.4 Å². The van der Waals surface area contributed by atoms with Crippen molar-refractivity contribution < 1.29 is 28.6 Å². The molecule has 0 aromatic rings. The molecule has 0 aliphatic rings. The van der Waals surface area contributed by atoms with Gasteiger partial charge >= 0.3 is 12.1 Å². The molecular formula is C13H21NO6. The Bertz CT molecular complexity index is 342. The van der Waals surface area contributed by atoms with Crippen LogP contribution in [0, 0.1) is 0 Å². The van der Waals surface area contributed by atoms with Gasteiger partial charge in [0.25, 0.3) is 0 Å². The Kier molecular flexibility index (Phi) is 9.98. The summed E-state index contributed by atoms with van der Waals surface area (Å²) in [5, 5.41) is 0.961. The van der Waals surface area contributed by atoms with Crippen molar-refractivity contribution in [2.45, 2.75) is 13.0 Å². The van der Waals surface area contributed by atoms with Crippen LogP contribution >= 0.6 is 0 Å². The van der Waals surface area contributed by atoms with Crippen LogP contribution < -0.4 is 0 Å². The lowest BCUT2D eigenvalue weighted by atomic mass is 10.3. The molecule has 114 valence electrons. The van der Waals surface area contributed by atoms with Gasteiger partial charge in [0.1, 0.15) is 12.6 Å². The van der Waals surface area contributed by atoms with Crippen molar-refractivity contribution in [1.82, 2.24) is 5.06 Å². The predicted octanol–water partition coefficient (Wildman–Crippen LogP) is 1.31. The Labute approximate surface area is 118 Å². The minimum atomic E-state index is -0.706. The molecular weight excluding hydrogens is 266 g/mol. The molecule has 0 aliphatic heterocycles. The molecule has 0 fully saturated rings. The number of nitrogens with zero attached hydrogens (tertiary/aromatic N) is 1. The van der Waals surface area contributed by atoms with Gasteiger partial charge < -0.3 is 14.2 Å². The standard InChI is InChI=1S/C13H21NO6/c1-5-9-20-13(16)14(18-4)11(10-17-3)7-8-12(15)19-6-2/h5,7-8,11H,1,6,9-10H2,2-4H3/b8-7+/t11-/m1/s1. The average Bonchev–Trinajstić information content (AvgIpc) is 2.43. The minimum Gasteiger partial charge on any atom is -0.463 e. The summed E-state index contributed by atoms with van der Waals surface area (Å²) < 4.78 is 14.6. The number of carbonyl (C=O) groups is 2. The van der Waals surface area contributed by atoms with Crippen LogP contribution in [0.1, 0.15) is 6.92 Å². The van der Waals surface area contributed by atoms with Crippen LogP contribution in [-0.2, 0) is 23.8 Å². The van der Waals surface area contributed by atoms with Crippen LogP contribution in [0.4, 0.5) is 4.79 Å². The maximum Gasteiger partial charge on any atom is 0.434 e. The first kappa shape index (κ1) is 18.1. The largest absolute Gasteiger partial charge is 0.463 e. The van der Waals surface area contributed by atoms with Gasteiger partial charge in [-0.2, -0.15) is 5.06 Å². The van der Waals surface area contributed by atoms with Crippen LogP contribution in [0.15, 0.2) is 24.8 Å². The van der Waals surface area contributed by atoms with Gasteiger partial charge in [-0.15, -0.1) is 0 Å². The summed E-state index contributed by atoms with van der Waals surface area (Å²) in [6.45, 7) is 5.60. The van der Waals surface area contributed by atoms with Crippen LogP contribution in [0.25, 0.3) is 0 Å². The maximum absolute atomic E-state index is 11.7. The summed E-state index contributed by atoms with van der Waals surface area (Å²) in [5.74, 6) is -0.510. The molecule has 0 saturated heterocycles. The van der Waals surface area contributed by atoms with Gasteiger partial charge in [-0.3, -0.25) is 4.84 Å². The van der Waals surface area contributed by atoms with E-state index in [0.29, 0.717) is 0 Å². The summed E-state index contributed by atoms with van der Waals surface area (Å²) in [5.41, 5.74) is 0. The fourth-order valence-electron chi connectivity index (χ4n) is 1.29. The summed E-state index contributed by atoms with van der Waals surface area (Å²) in [6.07, 6.45) is 3.38. The Morgan fingerprint density at radius 1 is 1.30 bits per heavy atom. The number of ether oxygens (including phenoxy) is 3. The first-order chi connectivity index (χ1) is 9.60. The first-order valence-electron chi connectivity index (χ1n) is 6.05. The summed E-state index contributed by atoms with van der Waals surface area (Å²) in [4.78, 5) is 28.0. The van der Waals surface area contributed by atoms with Crippen LogP contribution in [0.2, 0.25) is 0 Å². The molecule has 0 saturated carbocycles. The normalized spacial score (nSPS) is 11.9. The van der Waals surface area contributed by atoms with Crippen molar-refractivity contribution in [3.05, 3.63) is 24.8 Å². The molecule has 1 atom stereocenters. The number of rotatable bonds is 9. The van der Waals surface area contributed by atoms with Crippen LogP contribution in [-0.4, -0.2) is 57.2 Å². The smallest absolute Gasteiger partial charge is 0.434 e. The fourth-order valence-corrected chi connectivity index (χ4v) is 1.29. The monoisotopic (exact) mass is 287 g/mol. The fraction of sp³-hybridized carbons (Fsp3) is 0.538. The highest BCUT2D eigenvalue weighted by atomic mass is 16.7. The molecule has 0 N–H and O–H groups in total. The van der Waals surface area contributed by atoms with E-state index < -0.39 is 18.1 Å². The van der Waals surface area contributed by atoms with Crippen LogP contribution in [0.3, 0.4) is 0 Å². The highest BCUT2D eigenvalue weighted by Crippen LogP contribution is 2.06. The van der Waals surface area contributed by atoms with Gasteiger partial charge in [-0.1, -0.05) is 12.7 Å². The third-order valence-electron chi connectivity index (χ3n) is 2.08. The molecule has 0 spiro atoms. The quantitative estimate of drug-likeness (QED) is 0.275. The summed E-state index contributed by atoms with van der Waals surface area (Å²) in [7, 11) is 2.78. The maximum atomic E-state index is 11.7. The lowest BCUT2D eigenvalue weighted by molar-refractivity contribution is -0.139. The summed E-state index contributed by atoms with van der Waals surface area (Å²) >= 11 is 0. The molecule has 0 radical (unpaired) electrons. The van der Waals surface area contributed by atoms with Crippen molar-refractivity contribution in [2.24, 2.45) is 0 Å². The number of carbonyl (C=O) groups excluding carboxylic acids is 2. The zero-order chi connectivity index (χ0) is 15.4. The van der Waals surface area contributed by atoms with Gasteiger partial charge in [0.05, 0.1) is 20.3 Å². The number of esters is 1. The van der Waals surface area contributed by atoms with E-state index in [9.17, 15) is 9.59 Å². The predicted molar refractivity (Wildman–Crippen MR) is 71.8 cm³/mol. The zero-order valence-electron chi connectivity index (χ0n) is 12.0. The van der Waals surface area contributed by atoms with E-state index in [4.69, 9.17) is 19.0 Å². The van der Waals surface area contributed by atoms with E-state index in [1.807, 2.05) is 0 Å². The van der Waals surface area contributed by atoms with Gasteiger partial charge in [0, 0.05) is 13.2 Å². The number of hydrogen-bond acceptors (Lipinski definition) is 6. The number of hydroxylamine groups is 2. The Morgan fingerprint density at radius 3 is 2.50 bits per heavy atom. The molecule has 0 aromatic carbocycles. The molecule has 0 aliphatic carbocycles. The number of amides is 1. The molecule has 0 rings (SSSR count). The van der Waals surface area contributed by atoms with E-state index in [2.05, 4.69) is 6.58 Å². The van der Waals surface area contributed by atoms with Gasteiger partial charge in [0.15, 0.2) is 0 Å². The van der Waals surface area contributed by atoms with Crippen molar-refractivity contribution in [3.63, 3.8) is 0 Å². The summed E-state index contributed by atoms with van der Waals surface area (Å²) in [6, 6.07) is -0.619. The Balaban J connectivity index is 4.78. The molecule has 7 heteroatoms. The van der Waals surface area contributed by atoms with E-state index in [1.54, 1.807) is 6.92 Å². The van der Waals surface area contributed by atoms with Gasteiger partial charge in [0.2, 0.25) is 0 Å². The molecule has 0 unspecified atom stereocenters. The second-order valence-electron chi connectivity index (χ2n) is 3.51. The number of hydrogen-bond donors (Lipinski definition) is 0. The van der Waals surface area contributed by atoms with E-state index in [-0.39, 0.29) is 19.8 Å². The second-order valence-corrected chi connectivity index (χ2v) is 3.51. The Morgan fingerprint density at radius 2 is 2.00 bits per heavy atom. The molecule has 0 bridgehead atoms. The second kappa shape index (κ2) is 11.0. The number of methoxy groups -OCH3 is 1. The molecule has 0 aromatic heterocycles. The Hall–Kier alpha value is -1.86. The van der Waals surface area contributed by atoms with E-state index in [0.717, 1.165) is 5.06 Å². The zero-order valence-corrected chi connectivity index (χ0v) is 12.0. The van der Waals surface area contributed by atoms with Gasteiger partial charge in [-0.05, 0) is 13.0 Å². The first-order valence-corrected chi connectivity index (χ1v) is 6.05. The molecule has 20 heavy (non-hydrogen) atoms. The van der Waals surface area contributed by atoms with Gasteiger partial charge in [-0.25, -0.2) is 9.59 Å². The van der Waals surface area contributed by atoms with Crippen molar-refractivity contribution in [2.75, 3.05) is 34.0 Å². The van der Waals surface area contributed by atoms with Crippen molar-refractivity contribution in [3.8, 4) is 0 Å². The van der Waals surface area contributed by atoms with Crippen molar-refractivity contribution >= 4 is 12.1 Å². The highest BCUT2D eigenvalue weighted by Gasteiger charge is 2.23. The highest BCUT2D eigenvalue weighted by molar-refractivity contribution is 5.82. The van der Waals surface area contributed by atoms with Crippen molar-refractivity contribution in [1.29, 1.82) is 0 Å². The minimum absolute atomic E-state index is 0.0555. The molecule has 7 nitrogen and oxygen atoms in total. The third-order valence-corrected chi connectivity index (χ3v) is 2.08. The third kappa shape index (κ3) is 6.91. The topological polar surface area (TPSA) is 74.3 Å². The molecule has 1 amide bonds. The average molecular weight is 287 g/mol.